The van der Waals surface area contributed by atoms with Crippen molar-refractivity contribution >= 4 is 34.4 Å². The minimum Gasteiger partial charge on any atom is -0.454 e. The second-order valence-electron chi connectivity index (χ2n) is 7.53. The molecule has 1 N–H and O–H groups in total. The van der Waals surface area contributed by atoms with Gasteiger partial charge in [0.2, 0.25) is 0 Å². The molecule has 2 fully saturated rings. The number of aromatic nitrogens is 2. The van der Waals surface area contributed by atoms with Crippen LogP contribution in [-0.4, -0.2) is 21.7 Å². The highest BCUT2D eigenvalue weighted by atomic mass is 35.5. The van der Waals surface area contributed by atoms with Gasteiger partial charge in [0.1, 0.15) is 11.6 Å². The Morgan fingerprint density at radius 3 is 2.76 bits per heavy atom. The van der Waals surface area contributed by atoms with E-state index in [9.17, 15) is 9.59 Å². The van der Waals surface area contributed by atoms with Crippen LogP contribution < -0.4 is 0 Å². The molecule has 25 heavy (non-hydrogen) atoms. The van der Waals surface area contributed by atoms with E-state index in [2.05, 4.69) is 9.97 Å². The molecule has 1 aromatic carbocycles. The first kappa shape index (κ1) is 16.6. The van der Waals surface area contributed by atoms with Crippen molar-refractivity contribution in [1.29, 1.82) is 0 Å². The number of benzene rings is 1. The molecule has 1 aromatic heterocycles. The fourth-order valence-corrected chi connectivity index (χ4v) is 4.30. The molecule has 1 unspecified atom stereocenters. The second-order valence-corrected chi connectivity index (χ2v) is 7.97. The van der Waals surface area contributed by atoms with Gasteiger partial charge in [-0.05, 0) is 56.2 Å². The van der Waals surface area contributed by atoms with Crippen LogP contribution in [0.5, 0.6) is 0 Å². The van der Waals surface area contributed by atoms with E-state index in [0.29, 0.717) is 29.5 Å². The predicted octanol–water partition coefficient (Wildman–Crippen LogP) is 4.36. The second kappa shape index (κ2) is 6.13. The topological polar surface area (TPSA) is 72.1 Å². The molecule has 0 bridgehead atoms. The smallest absolute Gasteiger partial charge is 0.309 e. The summed E-state index contributed by atoms with van der Waals surface area (Å²) in [6.45, 7) is 1.83. The first-order chi connectivity index (χ1) is 11.9. The zero-order valence-corrected chi connectivity index (χ0v) is 14.9. The van der Waals surface area contributed by atoms with Crippen LogP contribution in [0.1, 0.15) is 57.4 Å². The molecule has 0 saturated heterocycles. The van der Waals surface area contributed by atoms with Crippen molar-refractivity contribution in [1.82, 2.24) is 9.97 Å². The first-order valence-electron chi connectivity index (χ1n) is 8.81. The molecule has 2 aliphatic carbocycles. The standard InChI is InChI=1S/C19H21ClN2O3/c1-11(17-21-15-3-2-13(20)8-16(15)22-17)25-18(24)12-4-6-19(7-5-12)9-14(23)10-19/h2-3,8,11-12H,4-7,9-10H2,1H3,(H,21,22). The molecular formula is C19H21ClN2O3. The number of H-pyrrole nitrogens is 1. The van der Waals surface area contributed by atoms with E-state index in [4.69, 9.17) is 16.3 Å². The average molecular weight is 361 g/mol. The monoisotopic (exact) mass is 360 g/mol. The number of carbonyl (C=O) groups excluding carboxylic acids is 2. The third-order valence-electron chi connectivity index (χ3n) is 5.66. The van der Waals surface area contributed by atoms with Crippen LogP contribution in [0.4, 0.5) is 0 Å². The summed E-state index contributed by atoms with van der Waals surface area (Å²) in [5, 5.41) is 0.637. The van der Waals surface area contributed by atoms with Crippen LogP contribution in [-0.2, 0) is 14.3 Å². The highest BCUT2D eigenvalue weighted by molar-refractivity contribution is 6.31. The van der Waals surface area contributed by atoms with Crippen LogP contribution in [0.2, 0.25) is 5.02 Å². The maximum absolute atomic E-state index is 12.5. The van der Waals surface area contributed by atoms with Crippen molar-refractivity contribution in [3.63, 3.8) is 0 Å². The molecule has 2 aliphatic rings. The SMILES string of the molecule is CC(OC(=O)C1CCC2(CC1)CC(=O)C2)c1nc2ccc(Cl)cc2[nH]1. The van der Waals surface area contributed by atoms with E-state index < -0.39 is 6.10 Å². The number of carbonyl (C=O) groups is 2. The number of aromatic amines is 1. The van der Waals surface area contributed by atoms with Crippen molar-refractivity contribution in [2.45, 2.75) is 51.6 Å². The van der Waals surface area contributed by atoms with E-state index in [0.717, 1.165) is 36.7 Å². The Kier molecular flexibility index (Phi) is 4.07. The van der Waals surface area contributed by atoms with E-state index >= 15 is 0 Å². The van der Waals surface area contributed by atoms with Gasteiger partial charge in [0.05, 0.1) is 17.0 Å². The summed E-state index contributed by atoms with van der Waals surface area (Å²) >= 11 is 5.99. The van der Waals surface area contributed by atoms with Crippen molar-refractivity contribution in [3.8, 4) is 0 Å². The number of Topliss-reactive ketones (excluding diaryl/α,β-unsaturated/α-hetero) is 1. The number of nitrogens with zero attached hydrogens (tertiary/aromatic N) is 1. The predicted molar refractivity (Wildman–Crippen MR) is 94.2 cm³/mol. The number of fused-ring (bicyclic) bond motifs is 1. The van der Waals surface area contributed by atoms with Crippen LogP contribution in [0.25, 0.3) is 11.0 Å². The zero-order chi connectivity index (χ0) is 17.6. The molecule has 0 aliphatic heterocycles. The van der Waals surface area contributed by atoms with Crippen LogP contribution in [0.15, 0.2) is 18.2 Å². The highest BCUT2D eigenvalue weighted by Gasteiger charge is 2.46. The molecule has 2 saturated carbocycles. The summed E-state index contributed by atoms with van der Waals surface area (Å²) in [4.78, 5) is 31.4. The quantitative estimate of drug-likeness (QED) is 0.825. The van der Waals surface area contributed by atoms with Gasteiger partial charge < -0.3 is 9.72 Å². The van der Waals surface area contributed by atoms with E-state index in [1.807, 2.05) is 19.1 Å². The van der Waals surface area contributed by atoms with E-state index in [-0.39, 0.29) is 17.3 Å². The maximum Gasteiger partial charge on any atom is 0.309 e. The molecule has 2 aromatic rings. The minimum absolute atomic E-state index is 0.0670. The number of hydrogen-bond donors (Lipinski definition) is 1. The van der Waals surface area contributed by atoms with Crippen LogP contribution >= 0.6 is 11.6 Å². The molecule has 5 nitrogen and oxygen atoms in total. The third kappa shape index (κ3) is 3.17. The number of rotatable bonds is 3. The van der Waals surface area contributed by atoms with Crippen molar-refractivity contribution < 1.29 is 14.3 Å². The third-order valence-corrected chi connectivity index (χ3v) is 5.90. The Hall–Kier alpha value is -1.88. The lowest BCUT2D eigenvalue weighted by molar-refractivity contribution is -0.157. The summed E-state index contributed by atoms with van der Waals surface area (Å²) in [6.07, 6.45) is 4.51. The number of halogens is 1. The lowest BCUT2D eigenvalue weighted by Gasteiger charge is -2.45. The Balaban J connectivity index is 1.37. The number of ether oxygens (including phenoxy) is 1. The molecule has 1 heterocycles. The van der Waals surface area contributed by atoms with Crippen LogP contribution in [0.3, 0.4) is 0 Å². The molecule has 6 heteroatoms. The van der Waals surface area contributed by atoms with Gasteiger partial charge in [-0.3, -0.25) is 9.59 Å². The highest BCUT2D eigenvalue weighted by Crippen LogP contribution is 2.51. The fourth-order valence-electron chi connectivity index (χ4n) is 4.12. The molecule has 4 rings (SSSR count). The number of imidazole rings is 1. The maximum atomic E-state index is 12.5. The van der Waals surface area contributed by atoms with Gasteiger partial charge in [0, 0.05) is 17.9 Å². The summed E-state index contributed by atoms with van der Waals surface area (Å²) in [6, 6.07) is 5.43. The van der Waals surface area contributed by atoms with E-state index in [1.165, 1.54) is 0 Å². The Bertz CT molecular complexity index is 826. The Morgan fingerprint density at radius 1 is 1.36 bits per heavy atom. The molecule has 132 valence electrons. The minimum atomic E-state index is -0.431. The number of ketones is 1. The fraction of sp³-hybridized carbons (Fsp3) is 0.526. The van der Waals surface area contributed by atoms with Gasteiger partial charge >= 0.3 is 5.97 Å². The summed E-state index contributed by atoms with van der Waals surface area (Å²) in [7, 11) is 0. The van der Waals surface area contributed by atoms with Gasteiger partial charge in [0.25, 0.3) is 0 Å². The average Bonchev–Trinajstić information content (AvgIpc) is 2.97. The van der Waals surface area contributed by atoms with Crippen molar-refractivity contribution in [2.75, 3.05) is 0 Å². The van der Waals surface area contributed by atoms with Crippen molar-refractivity contribution in [2.24, 2.45) is 11.3 Å². The lowest BCUT2D eigenvalue weighted by atomic mass is 9.58. The largest absolute Gasteiger partial charge is 0.454 e. The normalized spacial score (nSPS) is 21.3. The molecule has 1 atom stereocenters. The first-order valence-corrected chi connectivity index (χ1v) is 9.19. The van der Waals surface area contributed by atoms with Gasteiger partial charge in [0.15, 0.2) is 6.10 Å². The summed E-state index contributed by atoms with van der Waals surface area (Å²) in [5.41, 5.74) is 1.83. The van der Waals surface area contributed by atoms with Gasteiger partial charge in [-0.25, -0.2) is 4.98 Å². The summed E-state index contributed by atoms with van der Waals surface area (Å²) < 4.78 is 5.64. The van der Waals surface area contributed by atoms with Gasteiger partial charge in [-0.2, -0.15) is 0 Å². The number of hydrogen-bond acceptors (Lipinski definition) is 4. The molecule has 0 radical (unpaired) electrons. The van der Waals surface area contributed by atoms with Gasteiger partial charge in [-0.1, -0.05) is 11.6 Å². The zero-order valence-electron chi connectivity index (χ0n) is 14.2. The molecule has 0 amide bonds. The summed E-state index contributed by atoms with van der Waals surface area (Å²) in [5.74, 6) is 0.760. The number of nitrogens with one attached hydrogen (secondary N) is 1. The Labute approximate surface area is 151 Å². The van der Waals surface area contributed by atoms with Gasteiger partial charge in [-0.15, -0.1) is 0 Å². The van der Waals surface area contributed by atoms with E-state index in [1.54, 1.807) is 6.07 Å². The molecular weight excluding hydrogens is 340 g/mol. The Morgan fingerprint density at radius 2 is 2.08 bits per heavy atom. The lowest BCUT2D eigenvalue weighted by Crippen LogP contribution is -2.41. The van der Waals surface area contributed by atoms with Crippen molar-refractivity contribution in [3.05, 3.63) is 29.0 Å². The van der Waals surface area contributed by atoms with Crippen LogP contribution in [0, 0.1) is 11.3 Å². The molecule has 1 spiro atoms. The number of esters is 1.